The Hall–Kier alpha value is -0.850. The number of carbonyl (C=O) groups is 1. The highest BCUT2D eigenvalue weighted by molar-refractivity contribution is 9.09. The van der Waals surface area contributed by atoms with E-state index in [1.165, 1.54) is 12.1 Å². The van der Waals surface area contributed by atoms with Crippen molar-refractivity contribution in [2.24, 2.45) is 0 Å². The zero-order valence-electron chi connectivity index (χ0n) is 6.55. The summed E-state index contributed by atoms with van der Waals surface area (Å²) in [7, 11) is 0. The van der Waals surface area contributed by atoms with Gasteiger partial charge in [-0.3, -0.25) is 4.79 Å². The molecule has 2 nitrogen and oxygen atoms in total. The molecule has 0 unspecified atom stereocenters. The van der Waals surface area contributed by atoms with Crippen LogP contribution in [-0.4, -0.2) is 11.1 Å². The fourth-order valence-corrected chi connectivity index (χ4v) is 1.40. The largest absolute Gasteiger partial charge is 0.293 e. The molecule has 1 rings (SSSR count). The van der Waals surface area contributed by atoms with Gasteiger partial charge in [-0.1, -0.05) is 27.5 Å². The fourth-order valence-electron chi connectivity index (χ4n) is 0.856. The van der Waals surface area contributed by atoms with E-state index in [2.05, 4.69) is 15.9 Å². The number of benzene rings is 1. The highest BCUT2D eigenvalue weighted by atomic mass is 79.9. The Morgan fingerprint density at radius 2 is 2.31 bits per heavy atom. The van der Waals surface area contributed by atoms with Gasteiger partial charge in [0, 0.05) is 5.56 Å². The fraction of sp³-hybridized carbons (Fsp3) is 0.111. The summed E-state index contributed by atoms with van der Waals surface area (Å²) in [5.41, 5.74) is 0.897. The molecule has 0 radical (unpaired) electrons. The second kappa shape index (κ2) is 4.40. The SMILES string of the molecule is N#Cc1ccc(C(=O)CBr)cc1Cl. The summed E-state index contributed by atoms with van der Waals surface area (Å²) in [5.74, 6) is -0.0496. The molecule has 0 fully saturated rings. The van der Waals surface area contributed by atoms with Gasteiger partial charge in [0.05, 0.1) is 15.9 Å². The van der Waals surface area contributed by atoms with Crippen LogP contribution in [0.25, 0.3) is 0 Å². The van der Waals surface area contributed by atoms with Crippen molar-refractivity contribution in [3.8, 4) is 6.07 Å². The minimum atomic E-state index is -0.0496. The van der Waals surface area contributed by atoms with E-state index >= 15 is 0 Å². The second-order valence-electron chi connectivity index (χ2n) is 2.36. The minimum absolute atomic E-state index is 0.0496. The van der Waals surface area contributed by atoms with Crippen LogP contribution in [0.4, 0.5) is 0 Å². The van der Waals surface area contributed by atoms with Gasteiger partial charge in [0.1, 0.15) is 6.07 Å². The first-order valence-corrected chi connectivity index (χ1v) is 4.97. The average Bonchev–Trinajstić information content (AvgIpc) is 2.16. The molecule has 1 aromatic rings. The van der Waals surface area contributed by atoms with Gasteiger partial charge in [-0.25, -0.2) is 0 Å². The van der Waals surface area contributed by atoms with Crippen LogP contribution in [0.2, 0.25) is 5.02 Å². The second-order valence-corrected chi connectivity index (χ2v) is 3.33. The van der Waals surface area contributed by atoms with Crippen LogP contribution in [0.5, 0.6) is 0 Å². The molecule has 4 heteroatoms. The lowest BCUT2D eigenvalue weighted by Crippen LogP contribution is -1.99. The molecule has 66 valence electrons. The van der Waals surface area contributed by atoms with Crippen molar-refractivity contribution in [1.82, 2.24) is 0 Å². The maximum absolute atomic E-state index is 11.2. The number of hydrogen-bond acceptors (Lipinski definition) is 2. The predicted octanol–water partition coefficient (Wildman–Crippen LogP) is 2.79. The van der Waals surface area contributed by atoms with Crippen LogP contribution in [-0.2, 0) is 0 Å². The molecule has 0 atom stereocenters. The maximum Gasteiger partial charge on any atom is 0.173 e. The van der Waals surface area contributed by atoms with Gasteiger partial charge < -0.3 is 0 Å². The van der Waals surface area contributed by atoms with Crippen LogP contribution in [0, 0.1) is 11.3 Å². The first-order chi connectivity index (χ1) is 6.19. The molecule has 0 aromatic heterocycles. The maximum atomic E-state index is 11.2. The molecular formula is C9H5BrClNO. The lowest BCUT2D eigenvalue weighted by molar-refractivity contribution is 0.102. The molecule has 1 aromatic carbocycles. The van der Waals surface area contributed by atoms with Crippen molar-refractivity contribution in [2.45, 2.75) is 0 Å². The smallest absolute Gasteiger partial charge is 0.173 e. The van der Waals surface area contributed by atoms with Crippen LogP contribution in [0.15, 0.2) is 18.2 Å². The number of carbonyl (C=O) groups excluding carboxylic acids is 1. The molecule has 0 spiro atoms. The predicted molar refractivity (Wildman–Crippen MR) is 54.3 cm³/mol. The number of halogens is 2. The van der Waals surface area contributed by atoms with Gasteiger partial charge in [0.25, 0.3) is 0 Å². The van der Waals surface area contributed by atoms with Crippen molar-refractivity contribution in [1.29, 1.82) is 5.26 Å². The summed E-state index contributed by atoms with van der Waals surface area (Å²) in [4.78, 5) is 11.2. The van der Waals surface area contributed by atoms with E-state index in [0.717, 1.165) is 0 Å². The van der Waals surface area contributed by atoms with Crippen LogP contribution >= 0.6 is 27.5 Å². The summed E-state index contributed by atoms with van der Waals surface area (Å²) >= 11 is 8.79. The molecule has 13 heavy (non-hydrogen) atoms. The summed E-state index contributed by atoms with van der Waals surface area (Å²) < 4.78 is 0. The van der Waals surface area contributed by atoms with Gasteiger partial charge in [-0.2, -0.15) is 5.26 Å². The lowest BCUT2D eigenvalue weighted by atomic mass is 10.1. The molecule has 0 amide bonds. The van der Waals surface area contributed by atoms with E-state index < -0.39 is 0 Å². The van der Waals surface area contributed by atoms with E-state index in [4.69, 9.17) is 16.9 Å². The van der Waals surface area contributed by atoms with E-state index in [1.54, 1.807) is 6.07 Å². The molecule has 0 N–H and O–H groups in total. The van der Waals surface area contributed by atoms with Gasteiger partial charge in [0.2, 0.25) is 0 Å². The third-order valence-electron chi connectivity index (χ3n) is 1.53. The summed E-state index contributed by atoms with van der Waals surface area (Å²) in [6, 6.07) is 6.56. The van der Waals surface area contributed by atoms with Gasteiger partial charge in [-0.05, 0) is 18.2 Å². The Morgan fingerprint density at radius 1 is 1.62 bits per heavy atom. The highest BCUT2D eigenvalue weighted by Gasteiger charge is 2.06. The van der Waals surface area contributed by atoms with Crippen LogP contribution < -0.4 is 0 Å². The van der Waals surface area contributed by atoms with Crippen molar-refractivity contribution in [2.75, 3.05) is 5.33 Å². The normalized spacial score (nSPS) is 9.31. The summed E-state index contributed by atoms with van der Waals surface area (Å²) in [6.07, 6.45) is 0. The molecule has 0 heterocycles. The Labute approximate surface area is 89.3 Å². The zero-order chi connectivity index (χ0) is 9.84. The Kier molecular flexibility index (Phi) is 3.47. The Morgan fingerprint density at radius 3 is 2.77 bits per heavy atom. The number of hydrogen-bond donors (Lipinski definition) is 0. The van der Waals surface area contributed by atoms with Crippen molar-refractivity contribution >= 4 is 33.3 Å². The lowest BCUT2D eigenvalue weighted by Gasteiger charge is -1.98. The third kappa shape index (κ3) is 2.30. The molecule has 0 bridgehead atoms. The number of rotatable bonds is 2. The summed E-state index contributed by atoms with van der Waals surface area (Å²) in [5, 5.41) is 9.15. The first kappa shape index (κ1) is 10.2. The number of nitriles is 1. The molecule has 0 aliphatic heterocycles. The van der Waals surface area contributed by atoms with Crippen LogP contribution in [0.1, 0.15) is 15.9 Å². The molecule has 0 saturated heterocycles. The third-order valence-corrected chi connectivity index (χ3v) is 2.35. The summed E-state index contributed by atoms with van der Waals surface area (Å²) in [6.45, 7) is 0. The number of alkyl halides is 1. The standard InChI is InChI=1S/C9H5BrClNO/c10-4-9(13)6-1-2-7(5-12)8(11)3-6/h1-3H,4H2. The molecule has 0 aliphatic rings. The average molecular weight is 259 g/mol. The van der Waals surface area contributed by atoms with Gasteiger partial charge in [-0.15, -0.1) is 0 Å². The van der Waals surface area contributed by atoms with E-state index in [-0.39, 0.29) is 11.1 Å². The van der Waals surface area contributed by atoms with Crippen molar-refractivity contribution < 1.29 is 4.79 Å². The monoisotopic (exact) mass is 257 g/mol. The molecule has 0 aliphatic carbocycles. The topological polar surface area (TPSA) is 40.9 Å². The van der Waals surface area contributed by atoms with Crippen molar-refractivity contribution in [3.05, 3.63) is 34.3 Å². The Balaban J connectivity index is 3.11. The number of ketones is 1. The highest BCUT2D eigenvalue weighted by Crippen LogP contribution is 2.17. The van der Waals surface area contributed by atoms with Gasteiger partial charge >= 0.3 is 0 Å². The minimum Gasteiger partial charge on any atom is -0.293 e. The number of Topliss-reactive ketones (excluding diaryl/α,β-unsaturated/α-hetero) is 1. The quantitative estimate of drug-likeness (QED) is 0.604. The van der Waals surface area contributed by atoms with Crippen molar-refractivity contribution in [3.63, 3.8) is 0 Å². The number of nitrogens with zero attached hydrogens (tertiary/aromatic N) is 1. The van der Waals surface area contributed by atoms with Gasteiger partial charge in [0.15, 0.2) is 5.78 Å². The van der Waals surface area contributed by atoms with E-state index in [1.807, 2.05) is 6.07 Å². The Bertz CT molecular complexity index is 384. The van der Waals surface area contributed by atoms with E-state index in [0.29, 0.717) is 16.1 Å². The van der Waals surface area contributed by atoms with E-state index in [9.17, 15) is 4.79 Å². The molecule has 0 saturated carbocycles. The zero-order valence-corrected chi connectivity index (χ0v) is 8.89. The molecular weight excluding hydrogens is 253 g/mol. The van der Waals surface area contributed by atoms with Crippen LogP contribution in [0.3, 0.4) is 0 Å². The first-order valence-electron chi connectivity index (χ1n) is 3.48.